The zero-order chi connectivity index (χ0) is 10.1. The van der Waals surface area contributed by atoms with Crippen LogP contribution in [0.25, 0.3) is 0 Å². The quantitative estimate of drug-likeness (QED) is 0.456. The van der Waals surface area contributed by atoms with E-state index in [1.54, 1.807) is 13.0 Å². The third-order valence-electron chi connectivity index (χ3n) is 0.957. The van der Waals surface area contributed by atoms with Gasteiger partial charge in [0.25, 0.3) is 0 Å². The van der Waals surface area contributed by atoms with Gasteiger partial charge in [-0.2, -0.15) is 5.26 Å². The van der Waals surface area contributed by atoms with Crippen LogP contribution in [0.1, 0.15) is 20.8 Å². The molecule has 0 unspecified atom stereocenters. The van der Waals surface area contributed by atoms with Crippen molar-refractivity contribution in [1.82, 2.24) is 0 Å². The summed E-state index contributed by atoms with van der Waals surface area (Å²) in [6, 6.07) is 1.69. The molecule has 0 saturated carbocycles. The van der Waals surface area contributed by atoms with E-state index in [2.05, 4.69) is 13.2 Å². The largest absolute Gasteiger partial charge is 0.206 e. The van der Waals surface area contributed by atoms with Crippen molar-refractivity contribution in [3.05, 3.63) is 36.2 Å². The maximum absolute atomic E-state index is 12.5. The lowest BCUT2D eigenvalue weighted by Gasteiger charge is -1.93. The SMILES string of the molecule is C=C/C(F)=C(/C#N)C(=C)C.CC. The summed E-state index contributed by atoms with van der Waals surface area (Å²) in [5.41, 5.74) is 0.384. The Balaban J connectivity index is 0. The Hall–Kier alpha value is -1.36. The first-order valence-corrected chi connectivity index (χ1v) is 3.71. The van der Waals surface area contributed by atoms with Gasteiger partial charge in [-0.25, -0.2) is 4.39 Å². The molecule has 0 aromatic carbocycles. The van der Waals surface area contributed by atoms with Crippen molar-refractivity contribution in [2.75, 3.05) is 0 Å². The van der Waals surface area contributed by atoms with Crippen LogP contribution in [0.3, 0.4) is 0 Å². The standard InChI is InChI=1S/C8H8FN.C2H6/c1-4-8(9)7(5-10)6(2)3;1-2/h4H,1-2H2,3H3;1-2H3/b8-7+;. The molecule has 2 heteroatoms. The second-order valence-corrected chi connectivity index (χ2v) is 1.82. The molecule has 0 amide bonds. The Labute approximate surface area is 73.5 Å². The fraction of sp³-hybridized carbons (Fsp3) is 0.300. The first-order chi connectivity index (χ1) is 5.63. The van der Waals surface area contributed by atoms with Gasteiger partial charge < -0.3 is 0 Å². The summed E-state index contributed by atoms with van der Waals surface area (Å²) in [7, 11) is 0. The van der Waals surface area contributed by atoms with Gasteiger partial charge in [0.2, 0.25) is 0 Å². The highest BCUT2D eigenvalue weighted by Crippen LogP contribution is 2.13. The van der Waals surface area contributed by atoms with Crippen molar-refractivity contribution < 1.29 is 4.39 Å². The number of nitrogens with zero attached hydrogens (tertiary/aromatic N) is 1. The van der Waals surface area contributed by atoms with Crippen LogP contribution in [0.4, 0.5) is 4.39 Å². The minimum absolute atomic E-state index is 0.0324. The van der Waals surface area contributed by atoms with E-state index in [1.165, 1.54) is 0 Å². The molecule has 0 aliphatic carbocycles. The minimum atomic E-state index is -0.616. The molecular weight excluding hydrogens is 153 g/mol. The number of nitriles is 1. The van der Waals surface area contributed by atoms with E-state index in [0.29, 0.717) is 5.57 Å². The maximum atomic E-state index is 12.5. The summed E-state index contributed by atoms with van der Waals surface area (Å²) in [5.74, 6) is -0.616. The molecule has 0 atom stereocenters. The van der Waals surface area contributed by atoms with Crippen LogP contribution in [-0.2, 0) is 0 Å². The summed E-state index contributed by atoms with van der Waals surface area (Å²) >= 11 is 0. The van der Waals surface area contributed by atoms with Gasteiger partial charge in [0, 0.05) is 0 Å². The number of halogens is 1. The Morgan fingerprint density at radius 1 is 1.50 bits per heavy atom. The highest BCUT2D eigenvalue weighted by atomic mass is 19.1. The summed E-state index contributed by atoms with van der Waals surface area (Å²) in [5, 5.41) is 8.34. The van der Waals surface area contributed by atoms with Crippen LogP contribution >= 0.6 is 0 Å². The van der Waals surface area contributed by atoms with E-state index in [-0.39, 0.29) is 5.57 Å². The monoisotopic (exact) mass is 167 g/mol. The van der Waals surface area contributed by atoms with Crippen LogP contribution in [0.2, 0.25) is 0 Å². The van der Waals surface area contributed by atoms with Gasteiger partial charge in [0.05, 0.1) is 5.57 Å². The van der Waals surface area contributed by atoms with E-state index >= 15 is 0 Å². The first kappa shape index (κ1) is 13.2. The predicted molar refractivity (Wildman–Crippen MR) is 50.1 cm³/mol. The third-order valence-corrected chi connectivity index (χ3v) is 0.957. The van der Waals surface area contributed by atoms with Crippen molar-refractivity contribution >= 4 is 0 Å². The minimum Gasteiger partial charge on any atom is -0.206 e. The molecule has 0 bridgehead atoms. The molecule has 66 valence electrons. The number of allylic oxidation sites excluding steroid dienone is 4. The smallest absolute Gasteiger partial charge is 0.140 e. The number of hydrogen-bond donors (Lipinski definition) is 0. The average molecular weight is 167 g/mol. The molecular formula is C10H14FN. The molecule has 0 aliphatic rings. The van der Waals surface area contributed by atoms with E-state index in [4.69, 9.17) is 5.26 Å². The van der Waals surface area contributed by atoms with Gasteiger partial charge in [-0.1, -0.05) is 27.0 Å². The molecule has 0 heterocycles. The van der Waals surface area contributed by atoms with E-state index in [9.17, 15) is 4.39 Å². The van der Waals surface area contributed by atoms with Gasteiger partial charge in [0.1, 0.15) is 11.9 Å². The van der Waals surface area contributed by atoms with Crippen molar-refractivity contribution in [3.63, 3.8) is 0 Å². The Bertz CT molecular complexity index is 231. The van der Waals surface area contributed by atoms with Crippen LogP contribution in [0.15, 0.2) is 36.2 Å². The molecule has 0 N–H and O–H groups in total. The normalized spacial score (nSPS) is 9.92. The van der Waals surface area contributed by atoms with Gasteiger partial charge in [-0.3, -0.25) is 0 Å². The van der Waals surface area contributed by atoms with Crippen LogP contribution in [0, 0.1) is 11.3 Å². The fourth-order valence-electron chi connectivity index (χ4n) is 0.455. The molecule has 0 aromatic heterocycles. The molecule has 0 saturated heterocycles. The molecule has 0 aromatic rings. The van der Waals surface area contributed by atoms with Gasteiger partial charge in [0.15, 0.2) is 0 Å². The van der Waals surface area contributed by atoms with Crippen molar-refractivity contribution in [1.29, 1.82) is 5.26 Å². The van der Waals surface area contributed by atoms with Crippen LogP contribution in [-0.4, -0.2) is 0 Å². The molecule has 0 rings (SSSR count). The third kappa shape index (κ3) is 4.45. The highest BCUT2D eigenvalue weighted by Gasteiger charge is 2.01. The van der Waals surface area contributed by atoms with Gasteiger partial charge in [-0.05, 0) is 18.6 Å². The van der Waals surface area contributed by atoms with Crippen molar-refractivity contribution in [3.8, 4) is 6.07 Å². The van der Waals surface area contributed by atoms with E-state index in [0.717, 1.165) is 6.08 Å². The topological polar surface area (TPSA) is 23.8 Å². The van der Waals surface area contributed by atoms with E-state index in [1.807, 2.05) is 13.8 Å². The zero-order valence-corrected chi connectivity index (χ0v) is 7.82. The molecule has 0 spiro atoms. The van der Waals surface area contributed by atoms with Crippen molar-refractivity contribution in [2.45, 2.75) is 20.8 Å². The molecule has 0 fully saturated rings. The highest BCUT2D eigenvalue weighted by molar-refractivity contribution is 5.43. The molecule has 1 nitrogen and oxygen atoms in total. The Kier molecular flexibility index (Phi) is 8.55. The van der Waals surface area contributed by atoms with Crippen molar-refractivity contribution in [2.24, 2.45) is 0 Å². The van der Waals surface area contributed by atoms with Gasteiger partial charge >= 0.3 is 0 Å². The predicted octanol–water partition coefficient (Wildman–Crippen LogP) is 3.52. The maximum Gasteiger partial charge on any atom is 0.140 e. The van der Waals surface area contributed by atoms with Crippen LogP contribution < -0.4 is 0 Å². The summed E-state index contributed by atoms with van der Waals surface area (Å²) in [6.45, 7) is 12.2. The Morgan fingerprint density at radius 3 is 2.00 bits per heavy atom. The average Bonchev–Trinajstić information content (AvgIpc) is 2.08. The Morgan fingerprint density at radius 2 is 1.92 bits per heavy atom. The summed E-state index contributed by atoms with van der Waals surface area (Å²) in [4.78, 5) is 0. The second kappa shape index (κ2) is 7.74. The molecule has 0 radical (unpaired) electrons. The molecule has 12 heavy (non-hydrogen) atoms. The lowest BCUT2D eigenvalue weighted by atomic mass is 10.1. The molecule has 0 aliphatic heterocycles. The number of hydrogen-bond acceptors (Lipinski definition) is 1. The van der Waals surface area contributed by atoms with Crippen LogP contribution in [0.5, 0.6) is 0 Å². The van der Waals surface area contributed by atoms with E-state index < -0.39 is 5.83 Å². The lowest BCUT2D eigenvalue weighted by molar-refractivity contribution is 0.661. The first-order valence-electron chi connectivity index (χ1n) is 3.71. The summed E-state index contributed by atoms with van der Waals surface area (Å²) < 4.78 is 12.5. The second-order valence-electron chi connectivity index (χ2n) is 1.82. The fourth-order valence-corrected chi connectivity index (χ4v) is 0.455. The number of rotatable bonds is 2. The zero-order valence-electron chi connectivity index (χ0n) is 7.82. The lowest BCUT2D eigenvalue weighted by Crippen LogP contribution is -1.81. The van der Waals surface area contributed by atoms with Gasteiger partial charge in [-0.15, -0.1) is 0 Å². The summed E-state index contributed by atoms with van der Waals surface area (Å²) in [6.07, 6.45) is 0.993.